The molecule has 0 amide bonds. The van der Waals surface area contributed by atoms with E-state index in [0.717, 1.165) is 0 Å². The molecule has 4 nitrogen and oxygen atoms in total. The van der Waals surface area contributed by atoms with Crippen LogP contribution in [0.5, 0.6) is 0 Å². The third kappa shape index (κ3) is 3.20. The molecular weight excluding hydrogens is 311 g/mol. The maximum atomic E-state index is 11.5. The Labute approximate surface area is 112 Å². The van der Waals surface area contributed by atoms with Crippen molar-refractivity contribution >= 4 is 39.5 Å². The van der Waals surface area contributed by atoms with Crippen LogP contribution in [0.1, 0.15) is 27.6 Å². The van der Waals surface area contributed by atoms with Crippen molar-refractivity contribution in [2.75, 3.05) is 13.7 Å². The molecule has 1 aromatic rings. The Morgan fingerprint density at radius 3 is 2.47 bits per heavy atom. The molecule has 0 aliphatic rings. The lowest BCUT2D eigenvalue weighted by Gasteiger charge is -2.08. The van der Waals surface area contributed by atoms with Crippen LogP contribution >= 0.6 is 27.5 Å². The lowest BCUT2D eigenvalue weighted by atomic mass is 10.1. The summed E-state index contributed by atoms with van der Waals surface area (Å²) in [4.78, 5) is 22.9. The van der Waals surface area contributed by atoms with Gasteiger partial charge in [-0.1, -0.05) is 11.6 Å². The number of esters is 2. The lowest BCUT2D eigenvalue weighted by molar-refractivity contribution is 0.0523. The predicted octanol–water partition coefficient (Wildman–Crippen LogP) is 3.07. The molecule has 0 bridgehead atoms. The molecule has 0 N–H and O–H groups in total. The van der Waals surface area contributed by atoms with Crippen molar-refractivity contribution in [2.24, 2.45) is 0 Å². The van der Waals surface area contributed by atoms with Gasteiger partial charge in [0.05, 0.1) is 29.9 Å². The van der Waals surface area contributed by atoms with Crippen molar-refractivity contribution in [1.82, 2.24) is 0 Å². The first kappa shape index (κ1) is 14.0. The summed E-state index contributed by atoms with van der Waals surface area (Å²) in [7, 11) is 1.27. The summed E-state index contributed by atoms with van der Waals surface area (Å²) < 4.78 is 9.83. The summed E-state index contributed by atoms with van der Waals surface area (Å²) in [6.07, 6.45) is 0. The van der Waals surface area contributed by atoms with Crippen molar-refractivity contribution < 1.29 is 19.1 Å². The third-order valence-electron chi connectivity index (χ3n) is 1.96. The molecule has 0 saturated carbocycles. The smallest absolute Gasteiger partial charge is 0.339 e. The Bertz CT molecular complexity index is 459. The lowest BCUT2D eigenvalue weighted by Crippen LogP contribution is -2.08. The summed E-state index contributed by atoms with van der Waals surface area (Å²) in [5, 5.41) is 0.145. The van der Waals surface area contributed by atoms with Gasteiger partial charge in [0.1, 0.15) is 0 Å². The maximum absolute atomic E-state index is 11.5. The SMILES string of the molecule is CCOC(=O)c1cc(Br)c(C(=O)OC)cc1Cl. The standard InChI is InChI=1S/C11H10BrClO4/c1-3-17-11(15)7-4-8(12)6(5-9(7)13)10(14)16-2/h4-5H,3H2,1-2H3. The van der Waals surface area contributed by atoms with Gasteiger partial charge in [-0.25, -0.2) is 9.59 Å². The Morgan fingerprint density at radius 1 is 1.29 bits per heavy atom. The van der Waals surface area contributed by atoms with Gasteiger partial charge in [-0.2, -0.15) is 0 Å². The number of carbonyl (C=O) groups is 2. The maximum Gasteiger partial charge on any atom is 0.339 e. The molecular formula is C11H10BrClO4. The first-order valence-corrected chi connectivity index (χ1v) is 5.92. The molecule has 1 aromatic carbocycles. The quantitative estimate of drug-likeness (QED) is 0.803. The highest BCUT2D eigenvalue weighted by molar-refractivity contribution is 9.10. The van der Waals surface area contributed by atoms with Crippen LogP contribution in [-0.4, -0.2) is 25.7 Å². The molecule has 0 aliphatic carbocycles. The minimum absolute atomic E-state index is 0.145. The zero-order valence-corrected chi connectivity index (χ0v) is 11.6. The molecule has 6 heteroatoms. The number of methoxy groups -OCH3 is 1. The van der Waals surface area contributed by atoms with Crippen LogP contribution in [0.2, 0.25) is 5.02 Å². The van der Waals surface area contributed by atoms with Gasteiger partial charge >= 0.3 is 11.9 Å². The molecule has 0 unspecified atom stereocenters. The number of ether oxygens (including phenoxy) is 2. The highest BCUT2D eigenvalue weighted by Crippen LogP contribution is 2.26. The summed E-state index contributed by atoms with van der Waals surface area (Å²) in [6.45, 7) is 1.95. The Hall–Kier alpha value is -1.07. The van der Waals surface area contributed by atoms with Gasteiger partial charge in [0.25, 0.3) is 0 Å². The topological polar surface area (TPSA) is 52.6 Å². The molecule has 17 heavy (non-hydrogen) atoms. The minimum atomic E-state index is -0.533. The number of rotatable bonds is 3. The van der Waals surface area contributed by atoms with Gasteiger partial charge in [-0.05, 0) is 35.0 Å². The molecule has 1 rings (SSSR count). The van der Waals surface area contributed by atoms with Gasteiger partial charge in [0.2, 0.25) is 0 Å². The second kappa shape index (κ2) is 6.02. The first-order chi connectivity index (χ1) is 8.01. The molecule has 0 aliphatic heterocycles. The van der Waals surface area contributed by atoms with E-state index >= 15 is 0 Å². The summed E-state index contributed by atoms with van der Waals surface area (Å²) in [5.74, 6) is -1.07. The molecule has 0 heterocycles. The molecule has 0 radical (unpaired) electrons. The van der Waals surface area contributed by atoms with E-state index in [1.54, 1.807) is 6.92 Å². The minimum Gasteiger partial charge on any atom is -0.465 e. The van der Waals surface area contributed by atoms with E-state index in [1.165, 1.54) is 19.2 Å². The van der Waals surface area contributed by atoms with Crippen molar-refractivity contribution in [2.45, 2.75) is 6.92 Å². The van der Waals surface area contributed by atoms with E-state index in [-0.39, 0.29) is 22.8 Å². The summed E-state index contributed by atoms with van der Waals surface area (Å²) in [5.41, 5.74) is 0.457. The fourth-order valence-corrected chi connectivity index (χ4v) is 1.92. The van der Waals surface area contributed by atoms with Crippen LogP contribution < -0.4 is 0 Å². The molecule has 0 spiro atoms. The van der Waals surface area contributed by atoms with Gasteiger partial charge < -0.3 is 9.47 Å². The molecule has 92 valence electrons. The normalized spacial score (nSPS) is 9.88. The van der Waals surface area contributed by atoms with Crippen molar-refractivity contribution in [1.29, 1.82) is 0 Å². The van der Waals surface area contributed by atoms with Crippen LogP contribution in [0.4, 0.5) is 0 Å². The summed E-state index contributed by atoms with van der Waals surface area (Å²) >= 11 is 9.08. The largest absolute Gasteiger partial charge is 0.465 e. The average molecular weight is 322 g/mol. The fraction of sp³-hybridized carbons (Fsp3) is 0.273. The van der Waals surface area contributed by atoms with Crippen LogP contribution in [0, 0.1) is 0 Å². The monoisotopic (exact) mass is 320 g/mol. The van der Waals surface area contributed by atoms with Gasteiger partial charge in [0.15, 0.2) is 0 Å². The van der Waals surface area contributed by atoms with E-state index in [2.05, 4.69) is 20.7 Å². The average Bonchev–Trinajstić information content (AvgIpc) is 2.30. The van der Waals surface area contributed by atoms with E-state index in [4.69, 9.17) is 16.3 Å². The zero-order chi connectivity index (χ0) is 13.0. The van der Waals surface area contributed by atoms with E-state index in [9.17, 15) is 9.59 Å². The fourth-order valence-electron chi connectivity index (χ4n) is 1.18. The molecule has 0 fully saturated rings. The Balaban J connectivity index is 3.18. The molecule has 0 saturated heterocycles. The number of halogens is 2. The highest BCUT2D eigenvalue weighted by atomic mass is 79.9. The van der Waals surface area contributed by atoms with Gasteiger partial charge in [-0.15, -0.1) is 0 Å². The third-order valence-corrected chi connectivity index (χ3v) is 2.93. The van der Waals surface area contributed by atoms with Gasteiger partial charge in [-0.3, -0.25) is 0 Å². The van der Waals surface area contributed by atoms with Crippen molar-refractivity contribution in [3.05, 3.63) is 32.8 Å². The van der Waals surface area contributed by atoms with Crippen LogP contribution in [0.25, 0.3) is 0 Å². The van der Waals surface area contributed by atoms with Gasteiger partial charge in [0, 0.05) is 4.47 Å². The Kier molecular flexibility index (Phi) is 4.96. The number of benzene rings is 1. The number of hydrogen-bond acceptors (Lipinski definition) is 4. The highest BCUT2D eigenvalue weighted by Gasteiger charge is 2.18. The zero-order valence-electron chi connectivity index (χ0n) is 9.25. The first-order valence-electron chi connectivity index (χ1n) is 4.75. The van der Waals surface area contributed by atoms with E-state index in [1.807, 2.05) is 0 Å². The van der Waals surface area contributed by atoms with Crippen LogP contribution in [0.15, 0.2) is 16.6 Å². The molecule has 0 atom stereocenters. The summed E-state index contributed by atoms with van der Waals surface area (Å²) in [6, 6.07) is 2.80. The molecule has 0 aromatic heterocycles. The van der Waals surface area contributed by atoms with Crippen molar-refractivity contribution in [3.63, 3.8) is 0 Å². The van der Waals surface area contributed by atoms with Crippen LogP contribution in [-0.2, 0) is 9.47 Å². The second-order valence-electron chi connectivity index (χ2n) is 3.02. The number of carbonyl (C=O) groups excluding carboxylic acids is 2. The number of hydrogen-bond donors (Lipinski definition) is 0. The Morgan fingerprint density at radius 2 is 1.94 bits per heavy atom. The van der Waals surface area contributed by atoms with E-state index < -0.39 is 11.9 Å². The van der Waals surface area contributed by atoms with E-state index in [0.29, 0.717) is 4.47 Å². The van der Waals surface area contributed by atoms with Crippen LogP contribution in [0.3, 0.4) is 0 Å². The van der Waals surface area contributed by atoms with Crippen molar-refractivity contribution in [3.8, 4) is 0 Å². The second-order valence-corrected chi connectivity index (χ2v) is 4.29. The predicted molar refractivity (Wildman–Crippen MR) is 66.4 cm³/mol.